The molecule has 0 unspecified atom stereocenters. The van der Waals surface area contributed by atoms with Crippen LogP contribution in [0.25, 0.3) is 10.9 Å². The summed E-state index contributed by atoms with van der Waals surface area (Å²) < 4.78 is 51.7. The van der Waals surface area contributed by atoms with Crippen LogP contribution in [0.3, 0.4) is 0 Å². The summed E-state index contributed by atoms with van der Waals surface area (Å²) >= 11 is 0. The Kier molecular flexibility index (Phi) is 6.10. The number of ether oxygens (including phenoxy) is 1. The van der Waals surface area contributed by atoms with Crippen LogP contribution in [-0.4, -0.2) is 59.3 Å². The Morgan fingerprint density at radius 1 is 1.12 bits per heavy atom. The maximum Gasteiger partial charge on any atom is 0.135 e. The van der Waals surface area contributed by atoms with Gasteiger partial charge in [0.2, 0.25) is 0 Å². The smallest absolute Gasteiger partial charge is 0.135 e. The minimum absolute atomic E-state index is 0.0602. The molecule has 0 aliphatic carbocycles. The molecule has 7 heteroatoms. The number of para-hydroxylation sites is 1. The molecule has 5 rings (SSSR count). The van der Waals surface area contributed by atoms with Gasteiger partial charge < -0.3 is 9.72 Å². The third-order valence-electron chi connectivity index (χ3n) is 6.81. The fourth-order valence-electron chi connectivity index (χ4n) is 5.45. The third-order valence-corrected chi connectivity index (χ3v) is 6.81. The van der Waals surface area contributed by atoms with E-state index < -0.39 is 23.3 Å². The van der Waals surface area contributed by atoms with Crippen molar-refractivity contribution in [3.8, 4) is 5.75 Å². The van der Waals surface area contributed by atoms with E-state index in [2.05, 4.69) is 16.8 Å². The van der Waals surface area contributed by atoms with Gasteiger partial charge in [-0.1, -0.05) is 25.1 Å². The van der Waals surface area contributed by atoms with Crippen molar-refractivity contribution < 1.29 is 17.9 Å². The second-order valence-electron chi connectivity index (χ2n) is 10.2. The summed E-state index contributed by atoms with van der Waals surface area (Å²) in [4.78, 5) is 7.48. The van der Waals surface area contributed by atoms with Gasteiger partial charge in [-0.15, -0.1) is 0 Å². The van der Waals surface area contributed by atoms with Crippen LogP contribution in [0.4, 0.5) is 13.2 Å². The molecule has 0 radical (unpaired) electrons. The Balaban J connectivity index is 1.50. The molecule has 1 saturated heterocycles. The van der Waals surface area contributed by atoms with Crippen LogP contribution in [0, 0.1) is 11.6 Å². The summed E-state index contributed by atoms with van der Waals surface area (Å²) in [6.45, 7) is 8.21. The van der Waals surface area contributed by atoms with Crippen molar-refractivity contribution in [2.45, 2.75) is 51.4 Å². The van der Waals surface area contributed by atoms with E-state index in [-0.39, 0.29) is 24.0 Å². The number of H-pyrrole nitrogens is 1. The monoisotopic (exact) mass is 471 g/mol. The van der Waals surface area contributed by atoms with E-state index in [0.29, 0.717) is 13.0 Å². The minimum Gasteiger partial charge on any atom is -0.488 e. The number of fused-ring (bicyclic) bond motifs is 3. The van der Waals surface area contributed by atoms with Gasteiger partial charge in [0, 0.05) is 60.5 Å². The molecule has 4 nitrogen and oxygen atoms in total. The number of hydrogen-bond donors (Lipinski definition) is 1. The lowest BCUT2D eigenvalue weighted by molar-refractivity contribution is 0.0198. The van der Waals surface area contributed by atoms with Gasteiger partial charge in [0.15, 0.2) is 0 Å². The highest BCUT2D eigenvalue weighted by Gasteiger charge is 2.38. The fourth-order valence-corrected chi connectivity index (χ4v) is 5.45. The van der Waals surface area contributed by atoms with Gasteiger partial charge in [-0.05, 0) is 44.9 Å². The molecule has 3 aromatic rings. The molecule has 3 heterocycles. The van der Waals surface area contributed by atoms with E-state index in [9.17, 15) is 4.39 Å². The quantitative estimate of drug-likeness (QED) is 0.486. The van der Waals surface area contributed by atoms with E-state index in [1.165, 1.54) is 26.0 Å². The van der Waals surface area contributed by atoms with Crippen molar-refractivity contribution >= 4 is 10.9 Å². The number of hydrogen-bond acceptors (Lipinski definition) is 3. The van der Waals surface area contributed by atoms with Crippen molar-refractivity contribution in [2.75, 3.05) is 32.7 Å². The molecule has 34 heavy (non-hydrogen) atoms. The molecule has 0 saturated carbocycles. The van der Waals surface area contributed by atoms with E-state index in [1.54, 1.807) is 0 Å². The minimum atomic E-state index is -1.51. The first-order valence-electron chi connectivity index (χ1n) is 12.1. The lowest BCUT2D eigenvalue weighted by atomic mass is 9.90. The van der Waals surface area contributed by atoms with Crippen LogP contribution in [0.2, 0.25) is 0 Å². The number of alkyl halides is 1. The van der Waals surface area contributed by atoms with Crippen LogP contribution in [0.1, 0.15) is 50.1 Å². The molecule has 2 aliphatic rings. The Labute approximate surface area is 198 Å². The van der Waals surface area contributed by atoms with Gasteiger partial charge in [-0.25, -0.2) is 13.2 Å². The standard InChI is InChI=1S/C27H32F3N3O/c1-4-10-32-14-18(15-32)34-17-12-21(28)24(22(29)13-17)26-25-20(9-11-33(26)16-27(2,3)30)19-7-5-6-8-23(19)31-25/h5-8,12-13,18,26,31H,4,9-11,14-16H2,1-3H3/t26-/m1/s1. The maximum atomic E-state index is 15.6. The van der Waals surface area contributed by atoms with Gasteiger partial charge in [0.25, 0.3) is 0 Å². The molecule has 2 aromatic carbocycles. The summed E-state index contributed by atoms with van der Waals surface area (Å²) in [7, 11) is 0. The van der Waals surface area contributed by atoms with Crippen LogP contribution in [0.15, 0.2) is 36.4 Å². The second kappa shape index (κ2) is 8.93. The number of nitrogens with zero attached hydrogens (tertiary/aromatic N) is 2. The Hall–Kier alpha value is -2.51. The predicted octanol–water partition coefficient (Wildman–Crippen LogP) is 5.61. The third kappa shape index (κ3) is 4.43. The van der Waals surface area contributed by atoms with Crippen molar-refractivity contribution in [1.82, 2.24) is 14.8 Å². The molecular formula is C27H32F3N3O. The highest BCUT2D eigenvalue weighted by atomic mass is 19.1. The summed E-state index contributed by atoms with van der Waals surface area (Å²) in [5, 5.41) is 1.05. The van der Waals surface area contributed by atoms with E-state index >= 15 is 8.78 Å². The van der Waals surface area contributed by atoms with Gasteiger partial charge in [-0.2, -0.15) is 0 Å². The number of rotatable bonds is 7. The molecule has 1 N–H and O–H groups in total. The summed E-state index contributed by atoms with van der Waals surface area (Å²) in [5.74, 6) is -1.14. The average molecular weight is 472 g/mol. The highest BCUT2D eigenvalue weighted by Crippen LogP contribution is 2.42. The van der Waals surface area contributed by atoms with Crippen LogP contribution in [-0.2, 0) is 6.42 Å². The van der Waals surface area contributed by atoms with Gasteiger partial charge in [0.05, 0.1) is 6.04 Å². The van der Waals surface area contributed by atoms with Gasteiger partial charge >= 0.3 is 0 Å². The first kappa shape index (κ1) is 23.2. The normalized spacial score (nSPS) is 19.9. The van der Waals surface area contributed by atoms with E-state index in [4.69, 9.17) is 4.74 Å². The van der Waals surface area contributed by atoms with Crippen molar-refractivity contribution in [3.05, 3.63) is 64.9 Å². The Morgan fingerprint density at radius 2 is 1.82 bits per heavy atom. The Bertz CT molecular complexity index is 1160. The molecule has 0 spiro atoms. The highest BCUT2D eigenvalue weighted by molar-refractivity contribution is 5.85. The Morgan fingerprint density at radius 3 is 2.50 bits per heavy atom. The molecular weight excluding hydrogens is 439 g/mol. The van der Waals surface area contributed by atoms with Crippen molar-refractivity contribution in [2.24, 2.45) is 0 Å². The van der Waals surface area contributed by atoms with Crippen molar-refractivity contribution in [3.63, 3.8) is 0 Å². The molecule has 0 amide bonds. The average Bonchev–Trinajstić information content (AvgIpc) is 3.11. The summed E-state index contributed by atoms with van der Waals surface area (Å²) in [6, 6.07) is 9.66. The molecule has 182 valence electrons. The molecule has 1 atom stereocenters. The number of benzene rings is 2. The summed E-state index contributed by atoms with van der Waals surface area (Å²) in [5.41, 5.74) is 1.12. The maximum absolute atomic E-state index is 15.6. The predicted molar refractivity (Wildman–Crippen MR) is 128 cm³/mol. The number of halogens is 3. The summed E-state index contributed by atoms with van der Waals surface area (Å²) in [6.07, 6.45) is 1.69. The van der Waals surface area contributed by atoms with E-state index in [0.717, 1.165) is 48.2 Å². The van der Waals surface area contributed by atoms with Crippen LogP contribution >= 0.6 is 0 Å². The van der Waals surface area contributed by atoms with Gasteiger partial charge in [-0.3, -0.25) is 9.80 Å². The second-order valence-corrected chi connectivity index (χ2v) is 10.2. The lowest BCUT2D eigenvalue weighted by Gasteiger charge is -2.39. The zero-order chi connectivity index (χ0) is 24.0. The van der Waals surface area contributed by atoms with Gasteiger partial charge in [0.1, 0.15) is 29.2 Å². The number of aromatic amines is 1. The molecule has 2 aliphatic heterocycles. The zero-order valence-electron chi connectivity index (χ0n) is 20.0. The molecule has 1 fully saturated rings. The molecule has 0 bridgehead atoms. The number of nitrogens with one attached hydrogen (secondary N) is 1. The number of aromatic nitrogens is 1. The largest absolute Gasteiger partial charge is 0.488 e. The lowest BCUT2D eigenvalue weighted by Crippen LogP contribution is -2.53. The molecule has 1 aromatic heterocycles. The van der Waals surface area contributed by atoms with Crippen LogP contribution < -0.4 is 4.74 Å². The topological polar surface area (TPSA) is 31.5 Å². The first-order chi connectivity index (χ1) is 16.2. The zero-order valence-corrected chi connectivity index (χ0v) is 20.0. The number of likely N-dealkylation sites (tertiary alicyclic amines) is 1. The first-order valence-corrected chi connectivity index (χ1v) is 12.1. The fraction of sp³-hybridized carbons (Fsp3) is 0.481. The van der Waals surface area contributed by atoms with Crippen molar-refractivity contribution in [1.29, 1.82) is 0 Å². The van der Waals surface area contributed by atoms with E-state index in [1.807, 2.05) is 29.2 Å². The van der Waals surface area contributed by atoms with Crippen LogP contribution in [0.5, 0.6) is 5.75 Å². The SMILES string of the molecule is CCCN1CC(Oc2cc(F)c([C@@H]3c4[nH]c5ccccc5c4CCN3CC(C)(C)F)c(F)c2)C1.